The highest BCUT2D eigenvalue weighted by Crippen LogP contribution is 2.39. The molecule has 1 amide bonds. The van der Waals surface area contributed by atoms with Crippen molar-refractivity contribution in [2.24, 2.45) is 0 Å². The summed E-state index contributed by atoms with van der Waals surface area (Å²) in [5.41, 5.74) is 2.65. The number of carbonyl (C=O) groups excluding carboxylic acids is 1. The van der Waals surface area contributed by atoms with E-state index in [-0.39, 0.29) is 23.7 Å². The lowest BCUT2D eigenvalue weighted by Gasteiger charge is -2.35. The minimum absolute atomic E-state index is 0.00752. The van der Waals surface area contributed by atoms with Crippen molar-refractivity contribution in [3.63, 3.8) is 0 Å². The van der Waals surface area contributed by atoms with Crippen LogP contribution in [0.2, 0.25) is 0 Å². The van der Waals surface area contributed by atoms with Crippen LogP contribution in [0.15, 0.2) is 64.9 Å². The van der Waals surface area contributed by atoms with Gasteiger partial charge in [-0.3, -0.25) is 9.36 Å². The van der Waals surface area contributed by atoms with Crippen molar-refractivity contribution >= 4 is 12.0 Å². The lowest BCUT2D eigenvalue weighted by Crippen LogP contribution is -2.44. The molecule has 8 nitrogen and oxygen atoms in total. The van der Waals surface area contributed by atoms with E-state index >= 15 is 0 Å². The van der Waals surface area contributed by atoms with Crippen molar-refractivity contribution in [2.75, 3.05) is 6.61 Å². The standard InChI is InChI=1S/C27H24FN5O3/c1-2-35-20-7-8-22(29-15-20)26-32-31-25(33(26)23-6-4-3-5-21(23)28)17-12-19(13-17)30-27(34)18-11-16-9-10-36-24(16)14-18/h3-10,14-15,17,19H,2,11-13H2,1H3,(H,30,34). The molecule has 6 rings (SSSR count). The molecule has 0 spiro atoms. The zero-order chi connectivity index (χ0) is 24.6. The summed E-state index contributed by atoms with van der Waals surface area (Å²) in [5, 5.41) is 11.9. The van der Waals surface area contributed by atoms with Crippen LogP contribution in [0.3, 0.4) is 0 Å². The minimum Gasteiger partial charge on any atom is -0.492 e. The second kappa shape index (κ2) is 9.07. The third-order valence-corrected chi connectivity index (χ3v) is 6.65. The first-order valence-corrected chi connectivity index (χ1v) is 12.0. The Labute approximate surface area is 206 Å². The normalized spacial score (nSPS) is 18.3. The molecule has 1 saturated carbocycles. The zero-order valence-electron chi connectivity index (χ0n) is 19.6. The molecular formula is C27H24FN5O3. The van der Waals surface area contributed by atoms with Gasteiger partial charge in [0.05, 0.1) is 24.8 Å². The van der Waals surface area contributed by atoms with Crippen molar-refractivity contribution in [3.05, 3.63) is 83.5 Å². The predicted octanol–water partition coefficient (Wildman–Crippen LogP) is 4.46. The first-order chi connectivity index (χ1) is 17.6. The molecule has 9 heteroatoms. The Morgan fingerprint density at radius 3 is 2.81 bits per heavy atom. The molecule has 1 fully saturated rings. The summed E-state index contributed by atoms with van der Waals surface area (Å²) in [6, 6.07) is 12.0. The number of fused-ring (bicyclic) bond motifs is 1. The maximum absolute atomic E-state index is 14.9. The van der Waals surface area contributed by atoms with Gasteiger partial charge in [-0.2, -0.15) is 0 Å². The van der Waals surface area contributed by atoms with Crippen molar-refractivity contribution < 1.29 is 18.3 Å². The molecule has 0 radical (unpaired) electrons. The summed E-state index contributed by atoms with van der Waals surface area (Å²) in [5.74, 6) is 2.06. The summed E-state index contributed by atoms with van der Waals surface area (Å²) in [7, 11) is 0. The van der Waals surface area contributed by atoms with E-state index in [9.17, 15) is 9.18 Å². The number of ether oxygens (including phenoxy) is 1. The van der Waals surface area contributed by atoms with Crippen molar-refractivity contribution in [1.29, 1.82) is 0 Å². The highest BCUT2D eigenvalue weighted by atomic mass is 19.1. The van der Waals surface area contributed by atoms with Gasteiger partial charge in [0, 0.05) is 29.5 Å². The number of aromatic nitrogens is 4. The number of carbonyl (C=O) groups is 1. The van der Waals surface area contributed by atoms with E-state index in [0.29, 0.717) is 60.2 Å². The minimum atomic E-state index is -0.375. The van der Waals surface area contributed by atoms with E-state index in [2.05, 4.69) is 20.5 Å². The first kappa shape index (κ1) is 22.2. The van der Waals surface area contributed by atoms with Crippen LogP contribution < -0.4 is 10.1 Å². The van der Waals surface area contributed by atoms with E-state index in [0.717, 1.165) is 11.3 Å². The van der Waals surface area contributed by atoms with Crippen LogP contribution in [0.25, 0.3) is 23.3 Å². The number of hydrogen-bond acceptors (Lipinski definition) is 6. The fraction of sp³-hybridized carbons (Fsp3) is 0.259. The number of nitrogens with one attached hydrogen (secondary N) is 1. The van der Waals surface area contributed by atoms with Crippen LogP contribution in [0, 0.1) is 5.82 Å². The Kier molecular flexibility index (Phi) is 5.59. The van der Waals surface area contributed by atoms with Crippen molar-refractivity contribution in [1.82, 2.24) is 25.1 Å². The first-order valence-electron chi connectivity index (χ1n) is 12.0. The SMILES string of the molecule is CCOc1ccc(-c2nnc(C3CC(NC(=O)C4=Cc5occc5C4)C3)n2-c2ccccc2F)nc1. The molecule has 0 atom stereocenters. The lowest BCUT2D eigenvalue weighted by molar-refractivity contribution is -0.118. The third-order valence-electron chi connectivity index (χ3n) is 6.65. The molecule has 0 saturated heterocycles. The van der Waals surface area contributed by atoms with Crippen LogP contribution in [-0.4, -0.2) is 38.3 Å². The van der Waals surface area contributed by atoms with Crippen molar-refractivity contribution in [2.45, 2.75) is 38.1 Å². The summed E-state index contributed by atoms with van der Waals surface area (Å²) in [4.78, 5) is 17.2. The number of rotatable bonds is 7. The summed E-state index contributed by atoms with van der Waals surface area (Å²) in [6.45, 7) is 2.44. The van der Waals surface area contributed by atoms with E-state index in [1.165, 1.54) is 6.07 Å². The summed E-state index contributed by atoms with van der Waals surface area (Å²) < 4.78 is 27.5. The number of para-hydroxylation sites is 1. The largest absolute Gasteiger partial charge is 0.492 e. The van der Waals surface area contributed by atoms with Gasteiger partial charge in [-0.1, -0.05) is 12.1 Å². The topological polar surface area (TPSA) is 95.1 Å². The number of halogens is 1. The van der Waals surface area contributed by atoms with Gasteiger partial charge >= 0.3 is 0 Å². The van der Waals surface area contributed by atoms with Gasteiger partial charge in [0.1, 0.15) is 28.8 Å². The maximum atomic E-state index is 14.9. The van der Waals surface area contributed by atoms with Crippen molar-refractivity contribution in [3.8, 4) is 23.0 Å². The molecular weight excluding hydrogens is 461 g/mol. The highest BCUT2D eigenvalue weighted by Gasteiger charge is 2.37. The van der Waals surface area contributed by atoms with Crippen LogP contribution in [0.5, 0.6) is 5.75 Å². The quantitative estimate of drug-likeness (QED) is 0.415. The van der Waals surface area contributed by atoms with E-state index in [4.69, 9.17) is 9.15 Å². The Balaban J connectivity index is 1.23. The zero-order valence-corrected chi connectivity index (χ0v) is 19.6. The molecule has 0 bridgehead atoms. The number of pyridine rings is 1. The number of hydrogen-bond donors (Lipinski definition) is 1. The van der Waals surface area contributed by atoms with Gasteiger partial charge in [0.15, 0.2) is 5.82 Å². The van der Waals surface area contributed by atoms with E-state index < -0.39 is 0 Å². The number of nitrogens with zero attached hydrogens (tertiary/aromatic N) is 4. The van der Waals surface area contributed by atoms with Gasteiger partial charge in [0.2, 0.25) is 5.91 Å². The Morgan fingerprint density at radius 2 is 2.06 bits per heavy atom. The molecule has 4 aromatic rings. The summed E-state index contributed by atoms with van der Waals surface area (Å²) in [6.07, 6.45) is 7.00. The molecule has 182 valence electrons. The molecule has 2 aliphatic carbocycles. The molecule has 0 aliphatic heterocycles. The number of amides is 1. The molecule has 36 heavy (non-hydrogen) atoms. The predicted molar refractivity (Wildman–Crippen MR) is 130 cm³/mol. The van der Waals surface area contributed by atoms with Crippen LogP contribution in [0.4, 0.5) is 4.39 Å². The van der Waals surface area contributed by atoms with Gasteiger partial charge in [-0.25, -0.2) is 9.37 Å². The lowest BCUT2D eigenvalue weighted by atomic mass is 9.79. The van der Waals surface area contributed by atoms with Crippen LogP contribution in [0.1, 0.15) is 42.8 Å². The van der Waals surface area contributed by atoms with Gasteiger partial charge < -0.3 is 14.5 Å². The smallest absolute Gasteiger partial charge is 0.247 e. The third kappa shape index (κ3) is 3.96. The van der Waals surface area contributed by atoms with Gasteiger partial charge in [-0.05, 0) is 56.2 Å². The molecule has 3 heterocycles. The molecule has 3 aromatic heterocycles. The number of furan rings is 1. The molecule has 1 aromatic carbocycles. The van der Waals surface area contributed by atoms with Gasteiger partial charge in [-0.15, -0.1) is 10.2 Å². The average Bonchev–Trinajstić information content (AvgIpc) is 3.57. The molecule has 1 N–H and O–H groups in total. The second-order valence-corrected chi connectivity index (χ2v) is 8.98. The van der Waals surface area contributed by atoms with Crippen LogP contribution in [-0.2, 0) is 11.2 Å². The Hall–Kier alpha value is -4.27. The maximum Gasteiger partial charge on any atom is 0.247 e. The summed E-state index contributed by atoms with van der Waals surface area (Å²) >= 11 is 0. The second-order valence-electron chi connectivity index (χ2n) is 8.98. The fourth-order valence-corrected chi connectivity index (χ4v) is 4.77. The highest BCUT2D eigenvalue weighted by molar-refractivity contribution is 6.00. The Bertz CT molecular complexity index is 1450. The Morgan fingerprint density at radius 1 is 1.19 bits per heavy atom. The van der Waals surface area contributed by atoms with E-state index in [1.54, 1.807) is 47.4 Å². The average molecular weight is 486 g/mol. The number of benzene rings is 1. The van der Waals surface area contributed by atoms with E-state index in [1.807, 2.05) is 19.1 Å². The van der Waals surface area contributed by atoms with Gasteiger partial charge in [0.25, 0.3) is 0 Å². The molecule has 2 aliphatic rings. The van der Waals surface area contributed by atoms with Crippen LogP contribution >= 0.6 is 0 Å². The fourth-order valence-electron chi connectivity index (χ4n) is 4.77. The monoisotopic (exact) mass is 485 g/mol. The molecule has 0 unspecified atom stereocenters.